The van der Waals surface area contributed by atoms with Crippen LogP contribution < -0.4 is 5.32 Å². The molecule has 1 fully saturated rings. The Labute approximate surface area is 208 Å². The highest BCUT2D eigenvalue weighted by Crippen LogP contribution is 2.40. The second-order valence-corrected chi connectivity index (χ2v) is 9.64. The maximum absolute atomic E-state index is 13.0. The van der Waals surface area contributed by atoms with Crippen LogP contribution in [0.25, 0.3) is 0 Å². The van der Waals surface area contributed by atoms with Gasteiger partial charge in [0.1, 0.15) is 5.92 Å². The molecule has 0 unspecified atom stereocenters. The third-order valence-corrected chi connectivity index (χ3v) is 7.50. The Bertz CT molecular complexity index is 1070. The van der Waals surface area contributed by atoms with Crippen molar-refractivity contribution in [2.45, 2.75) is 51.1 Å². The van der Waals surface area contributed by atoms with Crippen molar-refractivity contribution in [2.24, 2.45) is 5.92 Å². The van der Waals surface area contributed by atoms with Gasteiger partial charge in [0.05, 0.1) is 42.2 Å². The van der Waals surface area contributed by atoms with Crippen molar-refractivity contribution in [1.82, 2.24) is 10.2 Å². The van der Waals surface area contributed by atoms with Crippen molar-refractivity contribution in [1.29, 1.82) is 5.26 Å². The molecule has 1 aromatic carbocycles. The molecule has 10 heteroatoms. The number of likely N-dealkylation sites (tertiary alicyclic amines) is 1. The number of hydrogen-bond acceptors (Lipinski definition) is 8. The third kappa shape index (κ3) is 5.51. The average molecular weight is 500 g/mol. The van der Waals surface area contributed by atoms with E-state index in [1.54, 1.807) is 12.1 Å². The van der Waals surface area contributed by atoms with Gasteiger partial charge in [0.25, 0.3) is 0 Å². The van der Waals surface area contributed by atoms with Gasteiger partial charge in [-0.25, -0.2) is 4.79 Å². The van der Waals surface area contributed by atoms with E-state index in [0.29, 0.717) is 11.1 Å². The standard InChI is InChI=1S/C25H29N3O6S/c1-14-6-5-7-15(2)28(14)19(29)13-35-23-18(12-26)20(21(22(30)27-23)25(32)34-4)16-8-10-17(11-9-16)24(31)33-3/h8-11,14-15,20-21H,5-7,13H2,1-4H3,(H,27,30)/t14-,15+,20-,21+/m1/s1. The molecule has 0 radical (unpaired) electrons. The number of piperidine rings is 1. The summed E-state index contributed by atoms with van der Waals surface area (Å²) in [7, 11) is 2.44. The van der Waals surface area contributed by atoms with Crippen molar-refractivity contribution in [2.75, 3.05) is 20.0 Å². The smallest absolute Gasteiger partial charge is 0.337 e. The number of esters is 2. The highest BCUT2D eigenvalue weighted by molar-refractivity contribution is 8.03. The van der Waals surface area contributed by atoms with Crippen molar-refractivity contribution in [3.8, 4) is 6.07 Å². The Morgan fingerprint density at radius 1 is 1.11 bits per heavy atom. The zero-order valence-electron chi connectivity index (χ0n) is 20.2. The van der Waals surface area contributed by atoms with E-state index >= 15 is 0 Å². The first-order chi connectivity index (χ1) is 16.7. The van der Waals surface area contributed by atoms with E-state index in [-0.39, 0.29) is 34.3 Å². The number of nitrogens with one attached hydrogen (secondary N) is 1. The number of hydrogen-bond donors (Lipinski definition) is 1. The van der Waals surface area contributed by atoms with E-state index < -0.39 is 29.7 Å². The van der Waals surface area contributed by atoms with Crippen LogP contribution in [0.5, 0.6) is 0 Å². The number of thioether (sulfide) groups is 1. The molecule has 2 amide bonds. The van der Waals surface area contributed by atoms with E-state index in [1.807, 2.05) is 18.7 Å². The fraction of sp³-hybridized carbons (Fsp3) is 0.480. The Balaban J connectivity index is 1.94. The molecule has 35 heavy (non-hydrogen) atoms. The van der Waals surface area contributed by atoms with E-state index in [0.717, 1.165) is 31.0 Å². The number of carbonyl (C=O) groups excluding carboxylic acids is 4. The number of amides is 2. The van der Waals surface area contributed by atoms with Gasteiger partial charge < -0.3 is 19.7 Å². The molecule has 186 valence electrons. The minimum Gasteiger partial charge on any atom is -0.468 e. The van der Waals surface area contributed by atoms with Gasteiger partial charge in [-0.15, -0.1) is 0 Å². The summed E-state index contributed by atoms with van der Waals surface area (Å²) >= 11 is 1.08. The molecule has 1 N–H and O–H groups in total. The second kappa shape index (κ2) is 11.4. The van der Waals surface area contributed by atoms with Gasteiger partial charge >= 0.3 is 11.9 Å². The van der Waals surface area contributed by atoms with Crippen LogP contribution in [0.3, 0.4) is 0 Å². The average Bonchev–Trinajstić information content (AvgIpc) is 2.86. The lowest BCUT2D eigenvalue weighted by Crippen LogP contribution is -2.48. The molecule has 2 aliphatic rings. The molecule has 0 bridgehead atoms. The highest BCUT2D eigenvalue weighted by Gasteiger charge is 2.44. The van der Waals surface area contributed by atoms with Crippen molar-refractivity contribution in [3.05, 3.63) is 46.0 Å². The summed E-state index contributed by atoms with van der Waals surface area (Å²) in [5.41, 5.74) is 0.934. The molecule has 0 aromatic heterocycles. The third-order valence-electron chi connectivity index (χ3n) is 6.50. The van der Waals surface area contributed by atoms with Gasteiger partial charge in [-0.1, -0.05) is 23.9 Å². The van der Waals surface area contributed by atoms with Crippen LogP contribution in [0, 0.1) is 17.2 Å². The monoisotopic (exact) mass is 499 g/mol. The minimum absolute atomic E-state index is 0.0480. The first-order valence-corrected chi connectivity index (χ1v) is 12.4. The van der Waals surface area contributed by atoms with E-state index in [4.69, 9.17) is 9.47 Å². The van der Waals surface area contributed by atoms with Crippen LogP contribution in [-0.2, 0) is 23.9 Å². The summed E-state index contributed by atoms with van der Waals surface area (Å²) in [4.78, 5) is 52.2. The summed E-state index contributed by atoms with van der Waals surface area (Å²) < 4.78 is 9.56. The van der Waals surface area contributed by atoms with Gasteiger partial charge in [0, 0.05) is 18.0 Å². The lowest BCUT2D eigenvalue weighted by molar-refractivity contribution is -0.150. The lowest BCUT2D eigenvalue weighted by atomic mass is 9.78. The fourth-order valence-corrected chi connectivity index (χ4v) is 5.66. The van der Waals surface area contributed by atoms with Gasteiger partial charge in [-0.3, -0.25) is 14.4 Å². The van der Waals surface area contributed by atoms with E-state index in [9.17, 15) is 24.4 Å². The van der Waals surface area contributed by atoms with Crippen molar-refractivity contribution in [3.63, 3.8) is 0 Å². The van der Waals surface area contributed by atoms with Crippen LogP contribution in [0.2, 0.25) is 0 Å². The number of benzene rings is 1. The Morgan fingerprint density at radius 2 is 1.74 bits per heavy atom. The number of ether oxygens (including phenoxy) is 2. The minimum atomic E-state index is -1.29. The quantitative estimate of drug-likeness (QED) is 0.468. The Morgan fingerprint density at radius 3 is 2.29 bits per heavy atom. The second-order valence-electron chi connectivity index (χ2n) is 8.65. The zero-order valence-corrected chi connectivity index (χ0v) is 21.0. The molecule has 2 aliphatic heterocycles. The van der Waals surface area contributed by atoms with Crippen LogP contribution in [0.4, 0.5) is 0 Å². The normalized spacial score (nSPS) is 24.3. The highest BCUT2D eigenvalue weighted by atomic mass is 32.2. The predicted molar refractivity (Wildman–Crippen MR) is 129 cm³/mol. The van der Waals surface area contributed by atoms with Gasteiger partial charge in [-0.05, 0) is 50.8 Å². The van der Waals surface area contributed by atoms with E-state index in [1.165, 1.54) is 26.4 Å². The number of nitriles is 1. The summed E-state index contributed by atoms with van der Waals surface area (Å²) in [5, 5.41) is 12.9. The van der Waals surface area contributed by atoms with Crippen LogP contribution in [0.1, 0.15) is 54.9 Å². The zero-order chi connectivity index (χ0) is 25.7. The molecule has 9 nitrogen and oxygen atoms in total. The number of rotatable bonds is 6. The van der Waals surface area contributed by atoms with Crippen LogP contribution in [-0.4, -0.2) is 60.7 Å². The maximum atomic E-state index is 13.0. The fourth-order valence-electron chi connectivity index (χ4n) is 4.75. The molecular weight excluding hydrogens is 470 g/mol. The summed E-state index contributed by atoms with van der Waals surface area (Å²) in [5.74, 6) is -4.18. The van der Waals surface area contributed by atoms with Gasteiger partial charge in [-0.2, -0.15) is 5.26 Å². The topological polar surface area (TPSA) is 126 Å². The van der Waals surface area contributed by atoms with Crippen LogP contribution >= 0.6 is 11.8 Å². The van der Waals surface area contributed by atoms with Crippen molar-refractivity contribution >= 4 is 35.5 Å². The maximum Gasteiger partial charge on any atom is 0.337 e. The molecule has 1 aromatic rings. The van der Waals surface area contributed by atoms with Gasteiger partial charge in [0.2, 0.25) is 11.8 Å². The Kier molecular flexibility index (Phi) is 8.57. The molecule has 1 saturated heterocycles. The lowest BCUT2D eigenvalue weighted by Gasteiger charge is -2.39. The van der Waals surface area contributed by atoms with Crippen LogP contribution in [0.15, 0.2) is 34.9 Å². The summed E-state index contributed by atoms with van der Waals surface area (Å²) in [6.07, 6.45) is 2.95. The van der Waals surface area contributed by atoms with Crippen molar-refractivity contribution < 1.29 is 28.7 Å². The summed E-state index contributed by atoms with van der Waals surface area (Å²) in [6, 6.07) is 8.54. The summed E-state index contributed by atoms with van der Waals surface area (Å²) in [6.45, 7) is 4.05. The SMILES string of the molecule is COC(=O)c1ccc([C@@H]2C(C#N)=C(SCC(=O)N3[C@H](C)CCC[C@@H]3C)NC(=O)[C@H]2C(=O)OC)cc1. The first-order valence-electron chi connectivity index (χ1n) is 11.4. The van der Waals surface area contributed by atoms with E-state index in [2.05, 4.69) is 11.4 Å². The molecule has 0 aliphatic carbocycles. The Hall–Kier alpha value is -3.32. The molecule has 3 rings (SSSR count). The molecule has 0 saturated carbocycles. The number of nitrogens with zero attached hydrogens (tertiary/aromatic N) is 2. The predicted octanol–water partition coefficient (Wildman–Crippen LogP) is 2.73. The van der Waals surface area contributed by atoms with Gasteiger partial charge in [0.15, 0.2) is 0 Å². The number of allylic oxidation sites excluding steroid dienone is 1. The molecule has 2 heterocycles. The number of carbonyl (C=O) groups is 4. The molecular formula is C25H29N3O6S. The molecule has 0 spiro atoms. The first kappa shape index (κ1) is 26.3. The largest absolute Gasteiger partial charge is 0.468 e. The molecule has 4 atom stereocenters. The number of methoxy groups -OCH3 is 2.